The smallest absolute Gasteiger partial charge is 0.475 e. The van der Waals surface area contributed by atoms with Gasteiger partial charge in [-0.2, -0.15) is 13.2 Å². The second-order valence-electron chi connectivity index (χ2n) is 7.37. The van der Waals surface area contributed by atoms with Crippen LogP contribution in [0.4, 0.5) is 18.9 Å². The summed E-state index contributed by atoms with van der Waals surface area (Å²) in [7, 11) is 0. The first-order chi connectivity index (χ1) is 16.5. The molecule has 2 N–H and O–H groups in total. The summed E-state index contributed by atoms with van der Waals surface area (Å²) in [6.45, 7) is 1.95. The van der Waals surface area contributed by atoms with E-state index in [2.05, 4.69) is 10.3 Å². The van der Waals surface area contributed by atoms with Crippen LogP contribution in [0.2, 0.25) is 0 Å². The van der Waals surface area contributed by atoms with Crippen LogP contribution in [0.5, 0.6) is 0 Å². The van der Waals surface area contributed by atoms with Crippen LogP contribution in [-0.2, 0) is 11.3 Å². The van der Waals surface area contributed by atoms with Crippen LogP contribution in [-0.4, -0.2) is 44.9 Å². The molecular weight excluding hydrogens is 467 g/mol. The van der Waals surface area contributed by atoms with Crippen molar-refractivity contribution in [1.29, 1.82) is 0 Å². The van der Waals surface area contributed by atoms with Gasteiger partial charge in [0, 0.05) is 11.9 Å². The molecule has 11 heteroatoms. The molecule has 35 heavy (non-hydrogen) atoms. The van der Waals surface area contributed by atoms with Crippen LogP contribution in [0.25, 0.3) is 0 Å². The van der Waals surface area contributed by atoms with Crippen molar-refractivity contribution in [3.63, 3.8) is 0 Å². The predicted octanol–water partition coefficient (Wildman–Crippen LogP) is 4.07. The average molecular weight is 485 g/mol. The van der Waals surface area contributed by atoms with Gasteiger partial charge >= 0.3 is 12.1 Å². The van der Waals surface area contributed by atoms with E-state index in [0.717, 1.165) is 5.56 Å². The number of imide groups is 1. The third-order valence-electron chi connectivity index (χ3n) is 4.86. The Balaban J connectivity index is 0.000000429. The SMILES string of the molecule is Cc1ccc2c(c1)C(=O)N(Cc1ccccc1NC(=O)c1ccccn1)C2=O.O=C(O)C(F)(F)F. The van der Waals surface area contributed by atoms with E-state index >= 15 is 0 Å². The molecule has 0 radical (unpaired) electrons. The standard InChI is InChI=1S/C22H17N3O3.C2HF3O2/c1-14-9-10-16-17(12-14)22(28)25(21(16)27)13-15-6-2-3-7-18(15)24-20(26)19-8-4-5-11-23-19;3-2(4,5)1(6)7/h2-12H,13H2,1H3,(H,24,26);(H,6,7). The molecule has 2 heterocycles. The number of amides is 3. The second kappa shape index (κ2) is 10.2. The Kier molecular flexibility index (Phi) is 7.28. The largest absolute Gasteiger partial charge is 0.490 e. The van der Waals surface area contributed by atoms with E-state index in [9.17, 15) is 27.6 Å². The summed E-state index contributed by atoms with van der Waals surface area (Å²) >= 11 is 0. The number of nitrogens with zero attached hydrogens (tertiary/aromatic N) is 2. The number of aromatic nitrogens is 1. The molecule has 0 aliphatic carbocycles. The van der Waals surface area contributed by atoms with Crippen molar-refractivity contribution in [1.82, 2.24) is 9.88 Å². The number of fused-ring (bicyclic) bond motifs is 1. The molecule has 0 unspecified atom stereocenters. The first-order valence-corrected chi connectivity index (χ1v) is 10.1. The lowest BCUT2D eigenvalue weighted by Gasteiger charge is -2.17. The number of carbonyl (C=O) groups is 4. The zero-order valence-corrected chi connectivity index (χ0v) is 18.2. The van der Waals surface area contributed by atoms with E-state index < -0.39 is 12.1 Å². The fourth-order valence-electron chi connectivity index (χ4n) is 3.18. The maximum absolute atomic E-state index is 12.7. The van der Waals surface area contributed by atoms with Crippen LogP contribution >= 0.6 is 0 Å². The lowest BCUT2D eigenvalue weighted by atomic mass is 10.1. The number of hydrogen-bond acceptors (Lipinski definition) is 5. The van der Waals surface area contributed by atoms with Crippen LogP contribution in [0.1, 0.15) is 42.3 Å². The van der Waals surface area contributed by atoms with Gasteiger partial charge in [0.15, 0.2) is 0 Å². The van der Waals surface area contributed by atoms with E-state index in [1.54, 1.807) is 60.8 Å². The van der Waals surface area contributed by atoms with Crippen LogP contribution in [0.15, 0.2) is 66.9 Å². The van der Waals surface area contributed by atoms with Crippen LogP contribution < -0.4 is 5.32 Å². The van der Waals surface area contributed by atoms with Gasteiger partial charge in [0.25, 0.3) is 17.7 Å². The summed E-state index contributed by atoms with van der Waals surface area (Å²) in [6, 6.07) is 17.4. The zero-order valence-electron chi connectivity index (χ0n) is 18.2. The average Bonchev–Trinajstić information content (AvgIpc) is 3.04. The van der Waals surface area contributed by atoms with E-state index in [4.69, 9.17) is 9.90 Å². The monoisotopic (exact) mass is 485 g/mol. The zero-order chi connectivity index (χ0) is 25.8. The van der Waals surface area contributed by atoms with Crippen molar-refractivity contribution in [2.75, 3.05) is 5.32 Å². The topological polar surface area (TPSA) is 117 Å². The number of benzene rings is 2. The number of alkyl halides is 3. The quantitative estimate of drug-likeness (QED) is 0.538. The number of nitrogens with one attached hydrogen (secondary N) is 1. The molecule has 180 valence electrons. The highest BCUT2D eigenvalue weighted by molar-refractivity contribution is 6.21. The highest BCUT2D eigenvalue weighted by Crippen LogP contribution is 2.27. The molecular formula is C24H18F3N3O5. The fourth-order valence-corrected chi connectivity index (χ4v) is 3.18. The molecule has 8 nitrogen and oxygen atoms in total. The molecule has 1 aliphatic rings. The molecule has 0 bridgehead atoms. The Bertz CT molecular complexity index is 1290. The third kappa shape index (κ3) is 5.88. The number of para-hydroxylation sites is 1. The molecule has 1 aliphatic heterocycles. The number of carboxylic acid groups (broad SMARTS) is 1. The van der Waals surface area contributed by atoms with Gasteiger partial charge in [0.2, 0.25) is 0 Å². The van der Waals surface area contributed by atoms with E-state index in [1.165, 1.54) is 4.90 Å². The van der Waals surface area contributed by atoms with Crippen molar-refractivity contribution in [2.24, 2.45) is 0 Å². The predicted molar refractivity (Wildman–Crippen MR) is 118 cm³/mol. The Hall–Kier alpha value is -4.54. The number of pyridine rings is 1. The summed E-state index contributed by atoms with van der Waals surface area (Å²) in [5, 5.41) is 9.94. The normalized spacial score (nSPS) is 12.5. The molecule has 0 saturated heterocycles. The summed E-state index contributed by atoms with van der Waals surface area (Å²) in [4.78, 5) is 52.0. The minimum atomic E-state index is -5.08. The van der Waals surface area contributed by atoms with Gasteiger partial charge in [0.1, 0.15) is 5.69 Å². The van der Waals surface area contributed by atoms with Gasteiger partial charge in [-0.1, -0.05) is 35.9 Å². The Labute approximate surface area is 197 Å². The first-order valence-electron chi connectivity index (χ1n) is 10.1. The second-order valence-corrected chi connectivity index (χ2v) is 7.37. The number of anilines is 1. The van der Waals surface area contributed by atoms with Crippen molar-refractivity contribution in [3.8, 4) is 0 Å². The van der Waals surface area contributed by atoms with Gasteiger partial charge in [-0.25, -0.2) is 4.79 Å². The van der Waals surface area contributed by atoms with E-state index in [1.807, 2.05) is 13.0 Å². The van der Waals surface area contributed by atoms with Gasteiger partial charge in [-0.3, -0.25) is 24.3 Å². The van der Waals surface area contributed by atoms with Crippen molar-refractivity contribution >= 4 is 29.4 Å². The van der Waals surface area contributed by atoms with E-state index in [0.29, 0.717) is 22.4 Å². The molecule has 2 aromatic carbocycles. The molecule has 0 atom stereocenters. The number of aliphatic carboxylic acids is 1. The summed E-state index contributed by atoms with van der Waals surface area (Å²) in [5.74, 6) is -3.76. The summed E-state index contributed by atoms with van der Waals surface area (Å²) < 4.78 is 31.7. The number of hydrogen-bond donors (Lipinski definition) is 2. The minimum absolute atomic E-state index is 0.0735. The van der Waals surface area contributed by atoms with Gasteiger partial charge in [0.05, 0.1) is 17.7 Å². The lowest BCUT2D eigenvalue weighted by Crippen LogP contribution is -2.29. The number of halogens is 3. The fraction of sp³-hybridized carbons (Fsp3) is 0.125. The number of rotatable bonds is 4. The molecule has 4 rings (SSSR count). The third-order valence-corrected chi connectivity index (χ3v) is 4.86. The van der Waals surface area contributed by atoms with Crippen molar-refractivity contribution < 1.29 is 37.5 Å². The molecule has 3 aromatic rings. The maximum Gasteiger partial charge on any atom is 0.490 e. The molecule has 3 amide bonds. The molecule has 0 fully saturated rings. The van der Waals surface area contributed by atoms with Gasteiger partial charge in [-0.05, 0) is 42.8 Å². The highest BCUT2D eigenvalue weighted by Gasteiger charge is 2.38. The summed E-state index contributed by atoms with van der Waals surface area (Å²) in [6.07, 6.45) is -3.54. The first kappa shape index (κ1) is 25.1. The van der Waals surface area contributed by atoms with Gasteiger partial charge in [-0.15, -0.1) is 0 Å². The number of carboxylic acids is 1. The Morgan fingerprint density at radius 1 is 0.971 bits per heavy atom. The number of carbonyl (C=O) groups excluding carboxylic acids is 3. The molecule has 0 saturated carbocycles. The number of aryl methyl sites for hydroxylation is 1. The highest BCUT2D eigenvalue weighted by atomic mass is 19.4. The summed E-state index contributed by atoms with van der Waals surface area (Å²) in [5.41, 5.74) is 3.23. The Morgan fingerprint density at radius 2 is 1.60 bits per heavy atom. The van der Waals surface area contributed by atoms with Crippen LogP contribution in [0.3, 0.4) is 0 Å². The lowest BCUT2D eigenvalue weighted by molar-refractivity contribution is -0.192. The van der Waals surface area contributed by atoms with Crippen molar-refractivity contribution in [3.05, 3.63) is 94.8 Å². The van der Waals surface area contributed by atoms with E-state index in [-0.39, 0.29) is 30.0 Å². The van der Waals surface area contributed by atoms with Gasteiger partial charge < -0.3 is 10.4 Å². The molecule has 1 aromatic heterocycles. The maximum atomic E-state index is 12.7. The van der Waals surface area contributed by atoms with Crippen molar-refractivity contribution in [2.45, 2.75) is 19.6 Å². The van der Waals surface area contributed by atoms with Crippen LogP contribution in [0, 0.1) is 6.92 Å². The minimum Gasteiger partial charge on any atom is -0.475 e. The molecule has 0 spiro atoms. The Morgan fingerprint density at radius 3 is 2.23 bits per heavy atom.